The van der Waals surface area contributed by atoms with Gasteiger partial charge in [-0.25, -0.2) is 12.8 Å². The number of fused-ring (bicyclic) bond motifs is 1. The van der Waals surface area contributed by atoms with Crippen molar-refractivity contribution in [3.05, 3.63) is 51.1 Å². The Morgan fingerprint density at radius 3 is 2.67 bits per heavy atom. The summed E-state index contributed by atoms with van der Waals surface area (Å²) in [6, 6.07) is 3.08. The minimum Gasteiger partial charge on any atom is -0.385 e. The number of rotatable bonds is 7. The quantitative estimate of drug-likeness (QED) is 0.668. The van der Waals surface area contributed by atoms with Crippen LogP contribution in [0, 0.1) is 5.82 Å². The second-order valence-electron chi connectivity index (χ2n) is 9.08. The summed E-state index contributed by atoms with van der Waals surface area (Å²) >= 11 is 1.04. The molecule has 7 heteroatoms. The summed E-state index contributed by atoms with van der Waals surface area (Å²) < 4.78 is 40.5. The van der Waals surface area contributed by atoms with E-state index in [4.69, 9.17) is 0 Å². The standard InChI is InChI=1S/C23H27FO4S2/c1-13(2)21-18(22-14(3)4-5-15(22)8-19(21)24)10-17(25)12-30(27,28)20-9-16(11-29-20)23(26)6-7-23/h8-9,11,13-14,26H,4-7,10,12H2,1-3H3. The Morgan fingerprint density at radius 2 is 2.03 bits per heavy atom. The van der Waals surface area contributed by atoms with Gasteiger partial charge in [0.25, 0.3) is 0 Å². The first-order chi connectivity index (χ1) is 14.0. The van der Waals surface area contributed by atoms with Crippen LogP contribution in [0.1, 0.15) is 79.7 Å². The fraction of sp³-hybridized carbons (Fsp3) is 0.522. The van der Waals surface area contributed by atoms with Gasteiger partial charge in [-0.2, -0.15) is 0 Å². The lowest BCUT2D eigenvalue weighted by atomic mass is 9.85. The molecule has 2 aliphatic carbocycles. The number of carbonyl (C=O) groups is 1. The number of thiophene rings is 1. The van der Waals surface area contributed by atoms with Gasteiger partial charge >= 0.3 is 0 Å². The molecular weight excluding hydrogens is 423 g/mol. The van der Waals surface area contributed by atoms with Gasteiger partial charge in [-0.15, -0.1) is 11.3 Å². The highest BCUT2D eigenvalue weighted by molar-refractivity contribution is 7.94. The molecule has 1 aromatic heterocycles. The number of aliphatic hydroxyl groups is 1. The first-order valence-electron chi connectivity index (χ1n) is 10.4. The van der Waals surface area contributed by atoms with Crippen molar-refractivity contribution in [1.29, 1.82) is 0 Å². The minimum atomic E-state index is -3.80. The molecule has 162 valence electrons. The minimum absolute atomic E-state index is 0.0701. The number of aryl methyl sites for hydroxylation is 1. The third-order valence-electron chi connectivity index (χ3n) is 6.34. The van der Waals surface area contributed by atoms with Crippen molar-refractivity contribution in [3.63, 3.8) is 0 Å². The van der Waals surface area contributed by atoms with Crippen molar-refractivity contribution in [1.82, 2.24) is 0 Å². The van der Waals surface area contributed by atoms with Crippen LogP contribution in [0.2, 0.25) is 0 Å². The molecule has 1 N–H and O–H groups in total. The Morgan fingerprint density at radius 1 is 1.33 bits per heavy atom. The molecule has 0 spiro atoms. The largest absolute Gasteiger partial charge is 0.385 e. The molecule has 1 heterocycles. The van der Waals surface area contributed by atoms with Crippen LogP contribution in [0.5, 0.6) is 0 Å². The van der Waals surface area contributed by atoms with E-state index in [1.807, 2.05) is 13.8 Å². The zero-order valence-corrected chi connectivity index (χ0v) is 19.1. The Balaban J connectivity index is 1.61. The average molecular weight is 451 g/mol. The molecule has 2 aliphatic rings. The lowest BCUT2D eigenvalue weighted by molar-refractivity contribution is -0.116. The van der Waals surface area contributed by atoms with E-state index < -0.39 is 27.0 Å². The highest BCUT2D eigenvalue weighted by atomic mass is 32.2. The highest BCUT2D eigenvalue weighted by Gasteiger charge is 2.43. The molecule has 1 fully saturated rings. The monoisotopic (exact) mass is 450 g/mol. The van der Waals surface area contributed by atoms with Crippen LogP contribution in [0.3, 0.4) is 0 Å². The molecule has 4 nitrogen and oxygen atoms in total. The van der Waals surface area contributed by atoms with Gasteiger partial charge < -0.3 is 5.11 Å². The zero-order valence-electron chi connectivity index (χ0n) is 17.5. The summed E-state index contributed by atoms with van der Waals surface area (Å²) in [5.41, 5.74) is 2.89. The van der Waals surface area contributed by atoms with E-state index in [0.717, 1.165) is 35.3 Å². The van der Waals surface area contributed by atoms with Crippen molar-refractivity contribution in [2.75, 3.05) is 5.75 Å². The number of hydrogen-bond donors (Lipinski definition) is 1. The first-order valence-corrected chi connectivity index (χ1v) is 12.9. The molecule has 1 atom stereocenters. The van der Waals surface area contributed by atoms with Crippen molar-refractivity contribution < 1.29 is 22.7 Å². The second kappa shape index (κ2) is 7.53. The Hall–Kier alpha value is -1.57. The van der Waals surface area contributed by atoms with E-state index in [2.05, 4.69) is 6.92 Å². The molecule has 1 saturated carbocycles. The van der Waals surface area contributed by atoms with Crippen LogP contribution in [0.4, 0.5) is 4.39 Å². The number of Topliss-reactive ketones (excluding diaryl/α,β-unsaturated/α-hetero) is 1. The van der Waals surface area contributed by atoms with E-state index in [1.165, 1.54) is 6.07 Å². The van der Waals surface area contributed by atoms with Crippen molar-refractivity contribution in [3.8, 4) is 0 Å². The number of carbonyl (C=O) groups excluding carboxylic acids is 1. The third kappa shape index (κ3) is 3.87. The molecule has 0 amide bonds. The number of halogens is 1. The molecule has 1 unspecified atom stereocenters. The van der Waals surface area contributed by atoms with Crippen LogP contribution in [-0.2, 0) is 33.1 Å². The van der Waals surface area contributed by atoms with Crippen molar-refractivity contribution in [2.24, 2.45) is 0 Å². The molecule has 30 heavy (non-hydrogen) atoms. The Kier molecular flexibility index (Phi) is 5.44. The van der Waals surface area contributed by atoms with Crippen molar-refractivity contribution in [2.45, 2.75) is 74.5 Å². The van der Waals surface area contributed by atoms with E-state index in [1.54, 1.807) is 11.4 Å². The predicted octanol–water partition coefficient (Wildman–Crippen LogP) is 4.63. The van der Waals surface area contributed by atoms with Crippen molar-refractivity contribution >= 4 is 27.0 Å². The van der Waals surface area contributed by atoms with E-state index in [9.17, 15) is 22.7 Å². The molecule has 0 bridgehead atoms. The summed E-state index contributed by atoms with van der Waals surface area (Å²) in [7, 11) is -3.80. The van der Waals surface area contributed by atoms with Gasteiger partial charge in [0.15, 0.2) is 15.6 Å². The maximum absolute atomic E-state index is 14.8. The topological polar surface area (TPSA) is 71.4 Å². The number of hydrogen-bond acceptors (Lipinski definition) is 5. The Bertz CT molecular complexity index is 1110. The number of sulfone groups is 1. The van der Waals surface area contributed by atoms with Gasteiger partial charge in [0.05, 0.1) is 5.60 Å². The fourth-order valence-corrected chi connectivity index (χ4v) is 7.21. The normalized spacial score (nSPS) is 19.9. The summed E-state index contributed by atoms with van der Waals surface area (Å²) in [5.74, 6) is -1.20. The van der Waals surface area contributed by atoms with Gasteiger partial charge in [0.2, 0.25) is 0 Å². The second-order valence-corrected chi connectivity index (χ2v) is 12.2. The number of benzene rings is 1. The molecule has 0 aliphatic heterocycles. The highest BCUT2D eigenvalue weighted by Crippen LogP contribution is 2.47. The van der Waals surface area contributed by atoms with E-state index in [-0.39, 0.29) is 28.3 Å². The van der Waals surface area contributed by atoms with Crippen LogP contribution in [0.15, 0.2) is 21.7 Å². The molecule has 4 rings (SSSR count). The molecule has 1 aromatic carbocycles. The lowest BCUT2D eigenvalue weighted by Crippen LogP contribution is -2.20. The van der Waals surface area contributed by atoms with Crippen LogP contribution < -0.4 is 0 Å². The van der Waals surface area contributed by atoms with Gasteiger partial charge in [0, 0.05) is 6.42 Å². The summed E-state index contributed by atoms with van der Waals surface area (Å²) in [4.78, 5) is 12.9. The Labute approximate surface area is 181 Å². The molecule has 0 saturated heterocycles. The maximum atomic E-state index is 14.8. The van der Waals surface area contributed by atoms with Gasteiger partial charge in [-0.3, -0.25) is 4.79 Å². The predicted molar refractivity (Wildman–Crippen MR) is 115 cm³/mol. The summed E-state index contributed by atoms with van der Waals surface area (Å²) in [6.07, 6.45) is 2.88. The van der Waals surface area contributed by atoms with E-state index in [0.29, 0.717) is 29.5 Å². The average Bonchev–Trinajstić information content (AvgIpc) is 3.05. The first kappa shape index (κ1) is 21.7. The lowest BCUT2D eigenvalue weighted by Gasteiger charge is -2.20. The smallest absolute Gasteiger partial charge is 0.194 e. The number of ketones is 1. The van der Waals surface area contributed by atoms with E-state index >= 15 is 0 Å². The van der Waals surface area contributed by atoms with Crippen LogP contribution >= 0.6 is 11.3 Å². The summed E-state index contributed by atoms with van der Waals surface area (Å²) in [6.45, 7) is 5.87. The van der Waals surface area contributed by atoms with Gasteiger partial charge in [-0.05, 0) is 82.8 Å². The van der Waals surface area contributed by atoms with Crippen LogP contribution in [0.25, 0.3) is 0 Å². The summed E-state index contributed by atoms with van der Waals surface area (Å²) in [5, 5.41) is 11.8. The molecular formula is C23H27FO4S2. The third-order valence-corrected chi connectivity index (χ3v) is 9.54. The van der Waals surface area contributed by atoms with Gasteiger partial charge in [-0.1, -0.05) is 20.8 Å². The SMILES string of the molecule is CC(C)c1c(F)cc2c(c1CC(=O)CS(=O)(=O)c1cc(C3(O)CC3)cs1)C(C)CC2. The fourth-order valence-electron chi connectivity index (χ4n) is 4.61. The zero-order chi connectivity index (χ0) is 21.8. The van der Waals surface area contributed by atoms with Crippen LogP contribution in [-0.4, -0.2) is 25.1 Å². The van der Waals surface area contributed by atoms with Gasteiger partial charge in [0.1, 0.15) is 15.8 Å². The molecule has 2 aromatic rings. The maximum Gasteiger partial charge on any atom is 0.194 e. The molecule has 0 radical (unpaired) electrons.